The zero-order valence-corrected chi connectivity index (χ0v) is 34.4. The number of hydrogen-bond donors (Lipinski definition) is 4. The summed E-state index contributed by atoms with van der Waals surface area (Å²) in [6, 6.07) is 12.8. The van der Waals surface area contributed by atoms with Gasteiger partial charge < -0.3 is 20.2 Å². The molecule has 3 aliphatic carbocycles. The molecule has 3 aliphatic heterocycles. The number of benzene rings is 2. The second-order valence-electron chi connectivity index (χ2n) is 17.8. The summed E-state index contributed by atoms with van der Waals surface area (Å²) in [7, 11) is -3.88. The minimum atomic E-state index is -4.69. The van der Waals surface area contributed by atoms with Crippen LogP contribution in [-0.2, 0) is 25.8 Å². The van der Waals surface area contributed by atoms with Crippen LogP contribution in [0.5, 0.6) is 0 Å². The number of β-amino-alcohol motifs (C(OH)–C–C–N with tert-alkyl or cyclic N) is 1. The summed E-state index contributed by atoms with van der Waals surface area (Å²) in [6.07, 6.45) is 3.07. The Morgan fingerprint density at radius 2 is 1.63 bits per heavy atom. The molecule has 4 N–H and O–H groups in total. The number of piperazine rings is 1. The number of aryl methyl sites for hydroxylation is 1. The minimum absolute atomic E-state index is 0.0000749. The first-order valence-corrected chi connectivity index (χ1v) is 22.1. The van der Waals surface area contributed by atoms with Gasteiger partial charge in [-0.2, -0.15) is 18.2 Å². The summed E-state index contributed by atoms with van der Waals surface area (Å²) in [5, 5.41) is 16.0. The van der Waals surface area contributed by atoms with Crippen molar-refractivity contribution in [2.45, 2.75) is 106 Å². The van der Waals surface area contributed by atoms with Crippen molar-refractivity contribution >= 4 is 45.0 Å². The SMILES string of the molecule is Cc1cc(S(=O)(=O)NC23CCC(CN4CCN(c5ccc(C6CCC(=O)NC6=O)cc5)CC4)(CC2)CC3)ccc1Nc1ncc(C(F)(F)F)c(N2CCC[C@](C)(O)C2)n1. The highest BCUT2D eigenvalue weighted by molar-refractivity contribution is 7.89. The Morgan fingerprint density at radius 3 is 2.25 bits per heavy atom. The maximum Gasteiger partial charge on any atom is 0.421 e. The van der Waals surface area contributed by atoms with Crippen LogP contribution < -0.4 is 25.2 Å². The summed E-state index contributed by atoms with van der Waals surface area (Å²) >= 11 is 0. The smallest absolute Gasteiger partial charge is 0.388 e. The van der Waals surface area contributed by atoms with Crippen LogP contribution in [0.3, 0.4) is 0 Å². The molecule has 17 heteroatoms. The lowest BCUT2D eigenvalue weighted by Gasteiger charge is -2.55. The molecule has 59 heavy (non-hydrogen) atoms. The largest absolute Gasteiger partial charge is 0.421 e. The Hall–Kier alpha value is -4.32. The molecule has 1 unspecified atom stereocenters. The molecule has 4 heterocycles. The molecule has 0 spiro atoms. The van der Waals surface area contributed by atoms with Crippen LogP contribution in [0.2, 0.25) is 0 Å². The number of piperidine rings is 2. The van der Waals surface area contributed by atoms with Gasteiger partial charge >= 0.3 is 6.18 Å². The predicted molar refractivity (Wildman–Crippen MR) is 217 cm³/mol. The summed E-state index contributed by atoms with van der Waals surface area (Å²) in [6.45, 7) is 8.29. The summed E-state index contributed by atoms with van der Waals surface area (Å²) in [5.41, 5.74) is 0.594. The highest BCUT2D eigenvalue weighted by atomic mass is 32.2. The van der Waals surface area contributed by atoms with E-state index in [-0.39, 0.29) is 46.4 Å². The van der Waals surface area contributed by atoms with Crippen LogP contribution in [0.25, 0.3) is 0 Å². The average Bonchev–Trinajstić information content (AvgIpc) is 3.19. The van der Waals surface area contributed by atoms with Crippen molar-refractivity contribution in [3.8, 4) is 0 Å². The van der Waals surface area contributed by atoms with Crippen molar-refractivity contribution in [2.24, 2.45) is 5.41 Å². The molecular weight excluding hydrogens is 786 g/mol. The highest BCUT2D eigenvalue weighted by Crippen LogP contribution is 2.53. The number of carbonyl (C=O) groups excluding carboxylic acids is 2. The Labute approximate surface area is 343 Å². The van der Waals surface area contributed by atoms with Gasteiger partial charge in [0.15, 0.2) is 0 Å². The Balaban J connectivity index is 0.852. The molecule has 2 atom stereocenters. The summed E-state index contributed by atoms with van der Waals surface area (Å²) < 4.78 is 72.7. The topological polar surface area (TPSA) is 160 Å². The highest BCUT2D eigenvalue weighted by Gasteiger charge is 2.51. The molecule has 6 aliphatic rings. The number of amides is 2. The van der Waals surface area contributed by atoms with E-state index in [0.717, 1.165) is 88.7 Å². The molecule has 2 bridgehead atoms. The van der Waals surface area contributed by atoms with Gasteiger partial charge in [0, 0.05) is 75.3 Å². The Bertz CT molecular complexity index is 2170. The van der Waals surface area contributed by atoms with Crippen molar-refractivity contribution in [1.29, 1.82) is 0 Å². The number of anilines is 4. The zero-order chi connectivity index (χ0) is 41.8. The van der Waals surface area contributed by atoms with Crippen molar-refractivity contribution in [1.82, 2.24) is 24.9 Å². The summed E-state index contributed by atoms with van der Waals surface area (Å²) in [5.74, 6) is -1.11. The fourth-order valence-electron chi connectivity index (χ4n) is 9.90. The van der Waals surface area contributed by atoms with Crippen LogP contribution >= 0.6 is 0 Å². The number of carbonyl (C=O) groups is 2. The van der Waals surface area contributed by atoms with Gasteiger partial charge in [0.25, 0.3) is 0 Å². The van der Waals surface area contributed by atoms with Crippen molar-refractivity contribution in [2.75, 3.05) is 60.9 Å². The number of halogens is 3. The molecule has 1 aromatic heterocycles. The molecule has 9 rings (SSSR count). The number of nitrogens with zero attached hydrogens (tertiary/aromatic N) is 5. The van der Waals surface area contributed by atoms with Crippen molar-refractivity contribution in [3.63, 3.8) is 0 Å². The lowest BCUT2D eigenvalue weighted by atomic mass is 9.57. The molecule has 2 amide bonds. The predicted octanol–water partition coefficient (Wildman–Crippen LogP) is 5.61. The Morgan fingerprint density at radius 1 is 0.932 bits per heavy atom. The van der Waals surface area contributed by atoms with Gasteiger partial charge in [0.1, 0.15) is 11.4 Å². The first kappa shape index (κ1) is 41.4. The first-order valence-electron chi connectivity index (χ1n) is 20.6. The summed E-state index contributed by atoms with van der Waals surface area (Å²) in [4.78, 5) is 38.5. The molecule has 318 valence electrons. The molecule has 3 aromatic rings. The third-order valence-corrected chi connectivity index (χ3v) is 15.0. The number of fused-ring (bicyclic) bond motifs is 3. The number of alkyl halides is 3. The van der Waals surface area contributed by atoms with Gasteiger partial charge in [-0.25, -0.2) is 18.1 Å². The van der Waals surface area contributed by atoms with E-state index in [0.29, 0.717) is 43.5 Å². The lowest BCUT2D eigenvalue weighted by Crippen LogP contribution is -2.59. The van der Waals surface area contributed by atoms with Crippen LogP contribution in [0, 0.1) is 12.3 Å². The number of imide groups is 1. The van der Waals surface area contributed by atoms with Gasteiger partial charge in [-0.15, -0.1) is 0 Å². The van der Waals surface area contributed by atoms with Gasteiger partial charge in [-0.1, -0.05) is 12.1 Å². The monoisotopic (exact) mass is 838 g/mol. The van der Waals surface area contributed by atoms with Crippen LogP contribution in [0.4, 0.5) is 36.3 Å². The lowest BCUT2D eigenvalue weighted by molar-refractivity contribution is -0.138. The van der Waals surface area contributed by atoms with E-state index in [1.165, 1.54) is 11.0 Å². The molecule has 3 saturated heterocycles. The molecule has 6 fully saturated rings. The van der Waals surface area contributed by atoms with Crippen LogP contribution in [0.1, 0.15) is 93.7 Å². The third kappa shape index (κ3) is 8.93. The number of rotatable bonds is 10. The van der Waals surface area contributed by atoms with Crippen LogP contribution in [0.15, 0.2) is 53.6 Å². The number of nitrogens with one attached hydrogen (secondary N) is 3. The van der Waals surface area contributed by atoms with Gasteiger partial charge in [-0.05, 0) is 119 Å². The van der Waals surface area contributed by atoms with E-state index in [1.807, 2.05) is 12.1 Å². The fraction of sp³-hybridized carbons (Fsp3) is 0.571. The number of aromatic nitrogens is 2. The molecule has 2 aromatic carbocycles. The Kier molecular flexibility index (Phi) is 11.0. The molecule has 13 nitrogen and oxygen atoms in total. The van der Waals surface area contributed by atoms with E-state index >= 15 is 0 Å². The normalized spacial score (nSPS) is 28.1. The van der Waals surface area contributed by atoms with Gasteiger partial charge in [0.2, 0.25) is 27.8 Å². The van der Waals surface area contributed by atoms with E-state index < -0.39 is 32.9 Å². The van der Waals surface area contributed by atoms with E-state index in [4.69, 9.17) is 0 Å². The zero-order valence-electron chi connectivity index (χ0n) is 33.6. The van der Waals surface area contributed by atoms with Gasteiger partial charge in [0.05, 0.1) is 16.4 Å². The molecular formula is C42H53F3N8O5S. The van der Waals surface area contributed by atoms with E-state index in [1.54, 1.807) is 26.0 Å². The minimum Gasteiger partial charge on any atom is -0.388 e. The number of sulfonamides is 1. The quantitative estimate of drug-likeness (QED) is 0.188. The maximum atomic E-state index is 14.0. The average molecular weight is 839 g/mol. The number of aliphatic hydroxyl groups is 1. The van der Waals surface area contributed by atoms with Crippen LogP contribution in [-0.4, -0.2) is 97.2 Å². The van der Waals surface area contributed by atoms with Crippen molar-refractivity contribution < 1.29 is 36.3 Å². The van der Waals surface area contributed by atoms with Crippen molar-refractivity contribution in [3.05, 3.63) is 65.4 Å². The fourth-order valence-corrected chi connectivity index (χ4v) is 11.5. The first-order chi connectivity index (χ1) is 27.9. The second kappa shape index (κ2) is 15.6. The standard InChI is InChI=1S/C42H53F3N8O5S/c1-28-24-31(8-10-34(28)47-38-46-25-33(42(43,44)45)36(49-38)53-19-3-12-39(2,56)26-53)59(57,58)50-41-16-13-40(14-17-41,15-18-41)27-51-20-22-52(23-21-51)30-6-4-29(5-7-30)32-9-11-35(54)48-37(32)55/h4-8,10,24-25,32,50,56H,3,9,11-23,26-27H2,1-2H3,(H,46,47,49)(H,48,54,55)/t32?,39-,40?,41?/m0/s1. The number of hydrogen-bond acceptors (Lipinski definition) is 11. The van der Waals surface area contributed by atoms with E-state index in [9.17, 15) is 36.3 Å². The molecule has 3 saturated carbocycles. The molecule has 0 radical (unpaired) electrons. The van der Waals surface area contributed by atoms with Gasteiger partial charge in [-0.3, -0.25) is 19.8 Å². The van der Waals surface area contributed by atoms with E-state index in [2.05, 4.69) is 47.3 Å². The maximum absolute atomic E-state index is 14.0. The second-order valence-corrected chi connectivity index (χ2v) is 19.5. The third-order valence-electron chi connectivity index (χ3n) is 13.4.